The van der Waals surface area contributed by atoms with E-state index in [1.165, 1.54) is 7.05 Å². The van der Waals surface area contributed by atoms with Gasteiger partial charge in [-0.15, -0.1) is 0 Å². The highest BCUT2D eigenvalue weighted by Gasteiger charge is 2.35. The van der Waals surface area contributed by atoms with E-state index in [0.717, 1.165) is 21.4 Å². The van der Waals surface area contributed by atoms with Crippen LogP contribution in [-0.2, 0) is 52.9 Å². The summed E-state index contributed by atoms with van der Waals surface area (Å²) in [5.41, 5.74) is 10.3. The summed E-state index contributed by atoms with van der Waals surface area (Å²) in [4.78, 5) is 99.8. The number of aromatic nitrogens is 1. The molecule has 5 rings (SSSR count). The SMILES string of the molecule is Cc1ccccc1NC(=O)NCCCC[C@H](NC(=O)[C@H](Cc1c[nH]c2ccccc12)NC(=O)OCC(C)C)C(=O)N[C@@H](CC(=O)OCc1ccccc1)C(=O)N(C)[C@@H](Cc1ccccc1)C(N)=O. The molecule has 17 nitrogen and oxygen atoms in total. The lowest BCUT2D eigenvalue weighted by molar-refractivity contribution is -0.150. The van der Waals surface area contributed by atoms with Crippen LogP contribution in [-0.4, -0.2) is 96.0 Å². The summed E-state index contributed by atoms with van der Waals surface area (Å²) in [6.07, 6.45) is 0.994. The maximum atomic E-state index is 14.6. The first-order chi connectivity index (χ1) is 32.7. The van der Waals surface area contributed by atoms with Gasteiger partial charge >= 0.3 is 18.1 Å². The minimum atomic E-state index is -1.58. The van der Waals surface area contributed by atoms with E-state index in [2.05, 4.69) is 31.6 Å². The largest absolute Gasteiger partial charge is 0.461 e. The van der Waals surface area contributed by atoms with Gasteiger partial charge in [-0.05, 0) is 66.5 Å². The second kappa shape index (κ2) is 25.9. The predicted octanol–water partition coefficient (Wildman–Crippen LogP) is 5.42. The van der Waals surface area contributed by atoms with E-state index in [-0.39, 0.29) is 44.9 Å². The van der Waals surface area contributed by atoms with E-state index < -0.39 is 72.3 Å². The molecular weight excluding hydrogens is 869 g/mol. The van der Waals surface area contributed by atoms with Gasteiger partial charge in [0, 0.05) is 49.2 Å². The van der Waals surface area contributed by atoms with Gasteiger partial charge in [0.05, 0.1) is 13.0 Å². The highest BCUT2D eigenvalue weighted by Crippen LogP contribution is 2.20. The number of para-hydroxylation sites is 2. The monoisotopic (exact) mass is 930 g/mol. The van der Waals surface area contributed by atoms with Crippen molar-refractivity contribution < 1.29 is 43.0 Å². The van der Waals surface area contributed by atoms with Gasteiger partial charge in [0.15, 0.2) is 0 Å². The van der Waals surface area contributed by atoms with E-state index in [1.807, 2.05) is 69.3 Å². The number of nitrogens with zero attached hydrogens (tertiary/aromatic N) is 1. The van der Waals surface area contributed by atoms with Gasteiger partial charge in [0.1, 0.15) is 30.8 Å². The van der Waals surface area contributed by atoms with Gasteiger partial charge in [-0.2, -0.15) is 0 Å². The standard InChI is InChI=1S/C51H62N8O9/c1-33(2)31-68-51(66)58-42(28-37-30-54-40-24-14-12-22-38(37)40)48(63)55-41(25-15-16-26-53-50(65)57-39-23-13-11-17-34(39)3)47(62)56-43(29-45(60)67-32-36-20-9-6-10-21-36)49(64)59(4)44(46(52)61)27-35-18-7-5-8-19-35/h5-14,17-24,30,33,41-44,54H,15-16,25-29,31-32H2,1-4H3,(H2,52,61)(H,55,63)(H,56,62)(H,58,66)(H2,53,57,65)/t41-,42-,43-,44-/m0/s1. The van der Waals surface area contributed by atoms with Crippen LogP contribution >= 0.6 is 0 Å². The number of likely N-dealkylation sites (N-methyl/N-ethyl adjacent to an activating group) is 1. The fourth-order valence-electron chi connectivity index (χ4n) is 7.35. The van der Waals surface area contributed by atoms with Crippen LogP contribution in [0.25, 0.3) is 10.9 Å². The highest BCUT2D eigenvalue weighted by atomic mass is 16.5. The van der Waals surface area contributed by atoms with Crippen LogP contribution in [0.4, 0.5) is 15.3 Å². The Kier molecular flexibility index (Phi) is 19.5. The minimum absolute atomic E-state index is 0.00336. The van der Waals surface area contributed by atoms with Crippen LogP contribution in [0, 0.1) is 12.8 Å². The molecule has 0 radical (unpaired) electrons. The molecule has 1 heterocycles. The maximum absolute atomic E-state index is 14.6. The van der Waals surface area contributed by atoms with Crippen molar-refractivity contribution >= 4 is 58.3 Å². The zero-order valence-corrected chi connectivity index (χ0v) is 38.9. The van der Waals surface area contributed by atoms with Crippen molar-refractivity contribution in [3.63, 3.8) is 0 Å². The van der Waals surface area contributed by atoms with Gasteiger partial charge in [-0.1, -0.05) is 111 Å². The third-order valence-corrected chi connectivity index (χ3v) is 11.1. The molecule has 4 aromatic carbocycles. The number of esters is 1. The van der Waals surface area contributed by atoms with Crippen LogP contribution in [0.3, 0.4) is 0 Å². The predicted molar refractivity (Wildman–Crippen MR) is 258 cm³/mol. The van der Waals surface area contributed by atoms with Crippen molar-refractivity contribution in [2.45, 2.75) is 90.1 Å². The number of hydrogen-bond donors (Lipinski definition) is 7. The second-order valence-electron chi connectivity index (χ2n) is 17.0. The number of aryl methyl sites for hydroxylation is 1. The van der Waals surface area contributed by atoms with Crippen molar-refractivity contribution in [2.75, 3.05) is 25.5 Å². The Balaban J connectivity index is 1.39. The molecule has 0 saturated heterocycles. The normalized spacial score (nSPS) is 12.7. The first-order valence-corrected chi connectivity index (χ1v) is 22.7. The number of hydrogen-bond acceptors (Lipinski definition) is 9. The average Bonchev–Trinajstić information content (AvgIpc) is 3.74. The Morgan fingerprint density at radius 3 is 2.03 bits per heavy atom. The molecule has 7 amide bonds. The molecule has 0 aliphatic rings. The molecule has 0 aliphatic carbocycles. The molecule has 1 aromatic heterocycles. The van der Waals surface area contributed by atoms with Crippen molar-refractivity contribution in [1.82, 2.24) is 31.2 Å². The number of anilines is 1. The summed E-state index contributed by atoms with van der Waals surface area (Å²) in [6.45, 7) is 5.80. The Morgan fingerprint density at radius 2 is 1.34 bits per heavy atom. The molecule has 4 atom stereocenters. The summed E-state index contributed by atoms with van der Waals surface area (Å²) < 4.78 is 10.9. The minimum Gasteiger partial charge on any atom is -0.461 e. The number of fused-ring (bicyclic) bond motifs is 1. The summed E-state index contributed by atoms with van der Waals surface area (Å²) in [5, 5.41) is 14.6. The van der Waals surface area contributed by atoms with E-state index in [0.29, 0.717) is 35.2 Å². The number of benzene rings is 4. The van der Waals surface area contributed by atoms with Crippen molar-refractivity contribution in [3.8, 4) is 0 Å². The highest BCUT2D eigenvalue weighted by molar-refractivity contribution is 5.97. The van der Waals surface area contributed by atoms with Crippen molar-refractivity contribution in [2.24, 2.45) is 11.7 Å². The number of aromatic amines is 1. The lowest BCUT2D eigenvalue weighted by atomic mass is 10.0. The van der Waals surface area contributed by atoms with Crippen LogP contribution in [0.5, 0.6) is 0 Å². The quantitative estimate of drug-likeness (QED) is 0.0308. The number of rotatable bonds is 24. The number of unbranched alkanes of at least 4 members (excludes halogenated alkanes) is 1. The number of amides is 7. The Morgan fingerprint density at radius 1 is 0.706 bits per heavy atom. The van der Waals surface area contributed by atoms with E-state index in [9.17, 15) is 33.6 Å². The van der Waals surface area contributed by atoms with Gasteiger partial charge in [0.25, 0.3) is 0 Å². The molecule has 0 saturated carbocycles. The molecule has 0 bridgehead atoms. The van der Waals surface area contributed by atoms with Crippen LogP contribution in [0.15, 0.2) is 115 Å². The van der Waals surface area contributed by atoms with Crippen molar-refractivity contribution in [3.05, 3.63) is 138 Å². The molecule has 0 fully saturated rings. The third-order valence-electron chi connectivity index (χ3n) is 11.1. The van der Waals surface area contributed by atoms with Crippen molar-refractivity contribution in [1.29, 1.82) is 0 Å². The fraction of sp³-hybridized carbons (Fsp3) is 0.353. The smallest absolute Gasteiger partial charge is 0.407 e. The Labute approximate surface area is 396 Å². The number of alkyl carbamates (subject to hydrolysis) is 1. The molecule has 5 aromatic rings. The fourth-order valence-corrected chi connectivity index (χ4v) is 7.35. The second-order valence-corrected chi connectivity index (χ2v) is 17.0. The average molecular weight is 931 g/mol. The summed E-state index contributed by atoms with van der Waals surface area (Å²) in [7, 11) is 1.36. The number of H-pyrrole nitrogens is 1. The number of nitrogens with one attached hydrogen (secondary N) is 6. The number of nitrogens with two attached hydrogens (primary N) is 1. The number of carbonyl (C=O) groups is 7. The van der Waals surface area contributed by atoms with Gasteiger partial charge in [-0.25, -0.2) is 9.59 Å². The molecule has 8 N–H and O–H groups in total. The summed E-state index contributed by atoms with van der Waals surface area (Å²) in [5.74, 6) is -3.99. The Bertz CT molecular complexity index is 2480. The molecule has 68 heavy (non-hydrogen) atoms. The Hall–Kier alpha value is -7.69. The lowest BCUT2D eigenvalue weighted by Crippen LogP contribution is -2.59. The molecule has 0 unspecified atom stereocenters. The lowest BCUT2D eigenvalue weighted by Gasteiger charge is -2.31. The van der Waals surface area contributed by atoms with E-state index in [4.69, 9.17) is 15.2 Å². The third kappa shape index (κ3) is 16.0. The topological polar surface area (TPSA) is 243 Å². The van der Waals surface area contributed by atoms with Gasteiger partial charge < -0.3 is 51.7 Å². The van der Waals surface area contributed by atoms with Crippen LogP contribution < -0.4 is 32.3 Å². The number of carbonyl (C=O) groups excluding carboxylic acids is 7. The van der Waals surface area contributed by atoms with Crippen LogP contribution in [0.2, 0.25) is 0 Å². The van der Waals surface area contributed by atoms with Gasteiger partial charge in [-0.3, -0.25) is 24.0 Å². The molecule has 0 spiro atoms. The summed E-state index contributed by atoms with van der Waals surface area (Å²) in [6, 6.07) is 26.8. The van der Waals surface area contributed by atoms with Gasteiger partial charge in [0.2, 0.25) is 23.6 Å². The van der Waals surface area contributed by atoms with E-state index >= 15 is 0 Å². The van der Waals surface area contributed by atoms with E-state index in [1.54, 1.807) is 66.9 Å². The molecule has 17 heteroatoms. The number of primary amides is 1. The number of ether oxygens (including phenoxy) is 2. The first-order valence-electron chi connectivity index (χ1n) is 22.7. The number of urea groups is 1. The molecule has 360 valence electrons. The maximum Gasteiger partial charge on any atom is 0.407 e. The molecule has 0 aliphatic heterocycles. The first kappa shape index (κ1) is 51.3. The van der Waals surface area contributed by atoms with Crippen LogP contribution in [0.1, 0.15) is 61.8 Å². The summed E-state index contributed by atoms with van der Waals surface area (Å²) >= 11 is 0. The molecular formula is C51H62N8O9. The zero-order valence-electron chi connectivity index (χ0n) is 38.9. The zero-order chi connectivity index (χ0) is 49.0.